The third-order valence-corrected chi connectivity index (χ3v) is 16.2. The maximum Gasteiger partial charge on any atom is 0.328 e. The smallest absolute Gasteiger partial charge is 0.328 e. The molecule has 0 aromatic rings. The Kier molecular flexibility index (Phi) is 36.5. The second-order valence-electron chi connectivity index (χ2n) is 25.2. The van der Waals surface area contributed by atoms with Crippen molar-refractivity contribution in [2.75, 3.05) is 51.4 Å². The summed E-state index contributed by atoms with van der Waals surface area (Å²) in [7, 11) is 0. The number of carboxylic acids is 2. The highest BCUT2D eigenvalue weighted by Crippen LogP contribution is 2.22. The summed E-state index contributed by atoms with van der Waals surface area (Å²) in [4.78, 5) is 213. The first-order valence-corrected chi connectivity index (χ1v) is 33.6. The molecule has 0 aromatic heterocycles. The molecule has 0 unspecified atom stereocenters. The van der Waals surface area contributed by atoms with Gasteiger partial charge in [-0.05, 0) is 109 Å². The fourth-order valence-electron chi connectivity index (χ4n) is 10.2. The lowest BCUT2D eigenvalue weighted by atomic mass is 10.0. The largest absolute Gasteiger partial charge is 0.481 e. The number of nitrogens with one attached hydrogen (secondary N) is 12. The molecule has 0 saturated carbocycles. The maximum absolute atomic E-state index is 14.0. The SMILES string of the molecule is CSCC[C@H](NC(=O)CNC(=O)[C@H](CO)NC(=O)[C@H](CCC(=O)O)NC(=O)[C@@H](NC(=O)[C@H](C)N)C(C)C)C(=O)N[C@@H](CC(C)C)C(=O)N[C@@H](C)C(=O)N[C@@H](CC(C)C)C(=O)NCC(=O)N[C@H](C(=O)N1CCC[C@H]1C(=O)N[C@@H](C)C(=O)N1CCC[C@H]1C(=O)N[C@@H](CO)C(=O)O)[C@@H](C)O. The number of carboxylic acid groups (broad SMARTS) is 2. The first-order chi connectivity index (χ1) is 45.4. The fourth-order valence-corrected chi connectivity index (χ4v) is 10.7. The van der Waals surface area contributed by atoms with Crippen molar-refractivity contribution in [2.45, 2.75) is 212 Å². The van der Waals surface area contributed by atoms with Crippen molar-refractivity contribution < 1.29 is 102 Å². The van der Waals surface area contributed by atoms with E-state index in [0.29, 0.717) is 18.6 Å². The molecule has 14 atom stereocenters. The van der Waals surface area contributed by atoms with E-state index >= 15 is 0 Å². The van der Waals surface area contributed by atoms with E-state index in [-0.39, 0.29) is 57.0 Å². The van der Waals surface area contributed by atoms with Crippen molar-refractivity contribution in [3.8, 4) is 0 Å². The van der Waals surface area contributed by atoms with Crippen LogP contribution in [-0.2, 0) is 76.7 Å². The van der Waals surface area contributed by atoms with E-state index in [2.05, 4.69) is 63.8 Å². The second-order valence-corrected chi connectivity index (χ2v) is 26.2. The van der Waals surface area contributed by atoms with Gasteiger partial charge in [0.15, 0.2) is 0 Å². The number of hydrogen-bond acceptors (Lipinski definition) is 21. The zero-order valence-corrected chi connectivity index (χ0v) is 57.6. The zero-order valence-electron chi connectivity index (χ0n) is 56.8. The lowest BCUT2D eigenvalue weighted by molar-refractivity contribution is -0.146. The van der Waals surface area contributed by atoms with Gasteiger partial charge in [0.05, 0.1) is 38.4 Å². The van der Waals surface area contributed by atoms with Crippen molar-refractivity contribution in [2.24, 2.45) is 23.5 Å². The average molecular weight is 1400 g/mol. The number of nitrogens with zero attached hydrogens (tertiary/aromatic N) is 2. The van der Waals surface area contributed by atoms with E-state index in [0.717, 1.165) is 4.90 Å². The van der Waals surface area contributed by atoms with Crippen LogP contribution in [0, 0.1) is 17.8 Å². The number of carbonyl (C=O) groups is 16. The van der Waals surface area contributed by atoms with Crippen LogP contribution in [0.2, 0.25) is 0 Å². The first-order valence-electron chi connectivity index (χ1n) is 32.2. The topological polar surface area (TPSA) is 551 Å². The Bertz CT molecular complexity index is 2790. The van der Waals surface area contributed by atoms with Gasteiger partial charge >= 0.3 is 11.9 Å². The normalized spacial score (nSPS) is 18.1. The number of likely N-dealkylation sites (tertiary alicyclic amines) is 2. The maximum atomic E-state index is 14.0. The first kappa shape index (κ1) is 84.8. The highest BCUT2D eigenvalue weighted by molar-refractivity contribution is 7.98. The van der Waals surface area contributed by atoms with Crippen molar-refractivity contribution >= 4 is 106 Å². The summed E-state index contributed by atoms with van der Waals surface area (Å²) in [6, 6.07) is -17.5. The number of amides is 14. The molecule has 2 saturated heterocycles. The molecular weight excluding hydrogens is 1300 g/mol. The Morgan fingerprint density at radius 3 is 1.40 bits per heavy atom. The molecule has 2 aliphatic rings. The van der Waals surface area contributed by atoms with Gasteiger partial charge in [0.25, 0.3) is 0 Å². The van der Waals surface area contributed by atoms with Gasteiger partial charge < -0.3 is 105 Å². The molecule has 2 rings (SSSR count). The molecule has 37 heteroatoms. The molecule has 0 bridgehead atoms. The summed E-state index contributed by atoms with van der Waals surface area (Å²) < 4.78 is 0. The van der Waals surface area contributed by atoms with Gasteiger partial charge in [0, 0.05) is 19.5 Å². The number of rotatable bonds is 41. The van der Waals surface area contributed by atoms with E-state index in [1.807, 2.05) is 0 Å². The van der Waals surface area contributed by atoms with Gasteiger partial charge in [-0.25, -0.2) is 4.79 Å². The quantitative estimate of drug-likeness (QED) is 0.0271. The van der Waals surface area contributed by atoms with Gasteiger partial charge in [-0.15, -0.1) is 0 Å². The van der Waals surface area contributed by atoms with Crippen molar-refractivity contribution in [1.82, 2.24) is 73.6 Å². The van der Waals surface area contributed by atoms with Crippen LogP contribution in [-0.4, -0.2) is 266 Å². The predicted octanol–water partition coefficient (Wildman–Crippen LogP) is -6.75. The summed E-state index contributed by atoms with van der Waals surface area (Å²) in [6.07, 6.45) is 0.198. The van der Waals surface area contributed by atoms with E-state index in [1.54, 1.807) is 47.8 Å². The monoisotopic (exact) mass is 1400 g/mol. The third kappa shape index (κ3) is 28.4. The molecule has 2 aliphatic heterocycles. The second kappa shape index (κ2) is 41.7. The number of carbonyl (C=O) groups excluding carboxylic acids is 14. The van der Waals surface area contributed by atoms with Crippen LogP contribution >= 0.6 is 11.8 Å². The van der Waals surface area contributed by atoms with E-state index < -0.39 is 224 Å². The summed E-state index contributed by atoms with van der Waals surface area (Å²) in [5.41, 5.74) is 5.62. The van der Waals surface area contributed by atoms with Crippen molar-refractivity contribution in [3.63, 3.8) is 0 Å². The molecule has 2 heterocycles. The number of aliphatic carboxylic acids is 2. The average Bonchev–Trinajstić information content (AvgIpc) is 1.72. The molecule has 0 spiro atoms. The van der Waals surface area contributed by atoms with Gasteiger partial charge in [0.1, 0.15) is 72.5 Å². The van der Waals surface area contributed by atoms with Gasteiger partial charge in [0.2, 0.25) is 82.7 Å². The van der Waals surface area contributed by atoms with Gasteiger partial charge in [-0.3, -0.25) is 71.9 Å². The lowest BCUT2D eigenvalue weighted by Crippen LogP contribution is -2.60. The summed E-state index contributed by atoms with van der Waals surface area (Å²) in [5, 5.41) is 77.7. The molecule has 0 aliphatic carbocycles. The number of aliphatic hydroxyl groups excluding tert-OH is 3. The number of hydrogen-bond donors (Lipinski definition) is 18. The van der Waals surface area contributed by atoms with Crippen LogP contribution in [0.25, 0.3) is 0 Å². The van der Waals surface area contributed by atoms with Gasteiger partial charge in [-0.2, -0.15) is 11.8 Å². The number of nitrogens with two attached hydrogens (primary N) is 1. The summed E-state index contributed by atoms with van der Waals surface area (Å²) in [5.74, 6) is -15.6. The Balaban J connectivity index is 2.11. The van der Waals surface area contributed by atoms with Crippen LogP contribution in [0.15, 0.2) is 0 Å². The Morgan fingerprint density at radius 2 is 0.928 bits per heavy atom. The summed E-state index contributed by atoms with van der Waals surface area (Å²) >= 11 is 1.31. The number of aliphatic hydroxyl groups is 3. The van der Waals surface area contributed by atoms with Crippen molar-refractivity contribution in [1.29, 1.82) is 0 Å². The van der Waals surface area contributed by atoms with Crippen LogP contribution < -0.4 is 69.5 Å². The van der Waals surface area contributed by atoms with E-state index in [1.165, 1.54) is 44.4 Å². The highest BCUT2D eigenvalue weighted by atomic mass is 32.2. The van der Waals surface area contributed by atoms with Crippen LogP contribution in [0.3, 0.4) is 0 Å². The van der Waals surface area contributed by atoms with Crippen LogP contribution in [0.5, 0.6) is 0 Å². The summed E-state index contributed by atoms with van der Waals surface area (Å²) in [6.45, 7) is 12.1. The molecule has 0 radical (unpaired) electrons. The molecule has 0 aromatic carbocycles. The molecule has 14 amide bonds. The fraction of sp³-hybridized carbons (Fsp3) is 0.733. The Morgan fingerprint density at radius 1 is 0.474 bits per heavy atom. The lowest BCUT2D eigenvalue weighted by Gasteiger charge is -2.31. The molecular formula is C60H101N15O21S. The Hall–Kier alpha value is -8.29. The predicted molar refractivity (Wildman–Crippen MR) is 347 cm³/mol. The standard InChI is InChI=1S/C60H101N15O21S/c1-28(2)22-37(50(85)62-25-44(80)72-47(34(10)78)59(94)75-20-13-14-41(75)55(90)65-33(9)58(93)74-19-12-15-42(74)56(91)71-40(27-77)60(95)96)68-49(84)32(8)64-54(89)38(23-29(3)4)69-53(88)36(18-21-97-11)66-43(79)24-63-51(86)39(26-76)70-52(87)35(16-17-45(81)82)67-57(92)46(30(5)6)73-48(83)31(7)61/h28-42,46-47,76-78H,12-27,61H2,1-11H3,(H,62,85)(H,63,86)(H,64,89)(H,65,90)(H,66,79)(H,67,92)(H,68,84)(H,69,88)(H,70,87)(H,71,91)(H,72,80)(H,73,83)(H,81,82)(H,95,96)/t31-,32-,33-,34+,35-,36-,37-,38-,39-,40-,41-,42-,46-,47-/m0/s1. The van der Waals surface area contributed by atoms with Crippen LogP contribution in [0.1, 0.15) is 127 Å². The minimum atomic E-state index is -1.74. The van der Waals surface area contributed by atoms with Crippen molar-refractivity contribution in [3.05, 3.63) is 0 Å². The van der Waals surface area contributed by atoms with E-state index in [9.17, 15) is 102 Å². The molecule has 19 N–H and O–H groups in total. The molecule has 97 heavy (non-hydrogen) atoms. The van der Waals surface area contributed by atoms with Crippen LogP contribution in [0.4, 0.5) is 0 Å². The third-order valence-electron chi connectivity index (χ3n) is 15.6. The van der Waals surface area contributed by atoms with E-state index in [4.69, 9.17) is 5.73 Å². The highest BCUT2D eigenvalue weighted by Gasteiger charge is 2.43. The number of thioether (sulfide) groups is 1. The minimum absolute atomic E-state index is 0.0140. The van der Waals surface area contributed by atoms with Gasteiger partial charge in [-0.1, -0.05) is 41.5 Å². The molecule has 548 valence electrons. The Labute approximate surface area is 566 Å². The molecule has 2 fully saturated rings. The zero-order chi connectivity index (χ0) is 73.7. The molecule has 36 nitrogen and oxygen atoms in total. The minimum Gasteiger partial charge on any atom is -0.481 e.